The molecule has 2 aliphatic rings. The molecule has 0 radical (unpaired) electrons. The minimum atomic E-state index is -1.02. The summed E-state index contributed by atoms with van der Waals surface area (Å²) in [6.45, 7) is 3.08. The fourth-order valence-corrected chi connectivity index (χ4v) is 5.34. The van der Waals surface area contributed by atoms with Gasteiger partial charge >= 0.3 is 0 Å². The van der Waals surface area contributed by atoms with Crippen LogP contribution in [-0.4, -0.2) is 44.7 Å². The second-order valence-electron chi connectivity index (χ2n) is 9.31. The van der Waals surface area contributed by atoms with Gasteiger partial charge in [0.05, 0.1) is 14.2 Å². The SMILES string of the molecule is COc1cccc(CN2CCC3(CC2)CN(C(=O)c2ccc(F)c(F)c2)c2ccc(OC)cc23)c1. The van der Waals surface area contributed by atoms with Gasteiger partial charge in [-0.25, -0.2) is 8.78 Å². The van der Waals surface area contributed by atoms with Crippen molar-refractivity contribution in [1.29, 1.82) is 0 Å². The zero-order valence-corrected chi connectivity index (χ0v) is 19.9. The Morgan fingerprint density at radius 1 is 0.914 bits per heavy atom. The lowest BCUT2D eigenvalue weighted by Gasteiger charge is -2.40. The highest BCUT2D eigenvalue weighted by Gasteiger charge is 2.46. The summed E-state index contributed by atoms with van der Waals surface area (Å²) in [5, 5.41) is 0. The standard InChI is InChI=1S/C28H28F2N2O3/c1-34-21-5-3-4-19(14-21)17-31-12-10-28(11-13-31)18-32(26-9-7-22(35-2)16-23(26)28)27(33)20-6-8-24(29)25(30)15-20/h3-9,14-16H,10-13,17-18H2,1-2H3. The normalized spacial score (nSPS) is 16.9. The number of ether oxygens (including phenoxy) is 2. The fraction of sp³-hybridized carbons (Fsp3) is 0.321. The first-order chi connectivity index (χ1) is 16.9. The quantitative estimate of drug-likeness (QED) is 0.507. The number of piperidine rings is 1. The number of anilines is 1. The highest BCUT2D eigenvalue weighted by molar-refractivity contribution is 6.07. The van der Waals surface area contributed by atoms with Gasteiger partial charge in [-0.2, -0.15) is 0 Å². The Bertz CT molecular complexity index is 1250. The largest absolute Gasteiger partial charge is 0.497 e. The molecule has 1 amide bonds. The number of hydrogen-bond donors (Lipinski definition) is 0. The van der Waals surface area contributed by atoms with Crippen molar-refractivity contribution in [2.45, 2.75) is 24.8 Å². The molecule has 1 spiro atoms. The number of methoxy groups -OCH3 is 2. The van der Waals surface area contributed by atoms with E-state index in [0.29, 0.717) is 6.54 Å². The molecule has 1 fully saturated rings. The van der Waals surface area contributed by atoms with E-state index in [1.807, 2.05) is 30.3 Å². The molecule has 3 aromatic rings. The summed E-state index contributed by atoms with van der Waals surface area (Å²) in [4.78, 5) is 17.5. The molecule has 0 bridgehead atoms. The van der Waals surface area contributed by atoms with Gasteiger partial charge in [-0.1, -0.05) is 12.1 Å². The van der Waals surface area contributed by atoms with E-state index in [1.54, 1.807) is 19.1 Å². The molecular formula is C28H28F2N2O3. The van der Waals surface area contributed by atoms with Crippen molar-refractivity contribution in [2.75, 3.05) is 38.8 Å². The first-order valence-electron chi connectivity index (χ1n) is 11.7. The molecule has 35 heavy (non-hydrogen) atoms. The predicted molar refractivity (Wildman–Crippen MR) is 130 cm³/mol. The Morgan fingerprint density at radius 3 is 2.37 bits per heavy atom. The number of rotatable bonds is 5. The van der Waals surface area contributed by atoms with E-state index in [0.717, 1.165) is 67.4 Å². The number of benzene rings is 3. The van der Waals surface area contributed by atoms with Crippen molar-refractivity contribution in [3.8, 4) is 11.5 Å². The Labute approximate surface area is 203 Å². The summed E-state index contributed by atoms with van der Waals surface area (Å²) in [5.41, 5.74) is 3.00. The average Bonchev–Trinajstić information content (AvgIpc) is 3.20. The maximum absolute atomic E-state index is 13.9. The highest BCUT2D eigenvalue weighted by Crippen LogP contribution is 2.48. The molecule has 182 valence electrons. The van der Waals surface area contributed by atoms with Gasteiger partial charge in [0.25, 0.3) is 5.91 Å². The van der Waals surface area contributed by atoms with Crippen LogP contribution in [0.1, 0.15) is 34.3 Å². The predicted octanol–water partition coefficient (Wildman–Crippen LogP) is 5.18. The number of carbonyl (C=O) groups excluding carboxylic acids is 1. The van der Waals surface area contributed by atoms with Gasteiger partial charge in [0.15, 0.2) is 11.6 Å². The minimum Gasteiger partial charge on any atom is -0.497 e. The molecule has 2 aliphatic heterocycles. The van der Waals surface area contributed by atoms with Gasteiger partial charge in [0.1, 0.15) is 11.5 Å². The number of nitrogens with zero attached hydrogens (tertiary/aromatic N) is 2. The first-order valence-corrected chi connectivity index (χ1v) is 11.7. The molecule has 5 nitrogen and oxygen atoms in total. The number of amides is 1. The van der Waals surface area contributed by atoms with Gasteiger partial charge in [-0.3, -0.25) is 9.69 Å². The summed E-state index contributed by atoms with van der Waals surface area (Å²) in [6.07, 6.45) is 1.75. The Hall–Kier alpha value is -3.45. The van der Waals surface area contributed by atoms with Crippen molar-refractivity contribution >= 4 is 11.6 Å². The fourth-order valence-electron chi connectivity index (χ4n) is 5.34. The maximum atomic E-state index is 13.9. The zero-order chi connectivity index (χ0) is 24.6. The van der Waals surface area contributed by atoms with E-state index in [-0.39, 0.29) is 16.9 Å². The Balaban J connectivity index is 1.39. The van der Waals surface area contributed by atoms with Gasteiger partial charge < -0.3 is 14.4 Å². The van der Waals surface area contributed by atoms with E-state index >= 15 is 0 Å². The molecule has 0 N–H and O–H groups in total. The van der Waals surface area contributed by atoms with Gasteiger partial charge in [-0.05, 0) is 85.6 Å². The first kappa shape index (κ1) is 23.3. The van der Waals surface area contributed by atoms with Gasteiger partial charge in [-0.15, -0.1) is 0 Å². The highest BCUT2D eigenvalue weighted by atomic mass is 19.2. The van der Waals surface area contributed by atoms with Crippen molar-refractivity contribution in [3.05, 3.63) is 89.0 Å². The third-order valence-corrected chi connectivity index (χ3v) is 7.29. The minimum absolute atomic E-state index is 0.137. The summed E-state index contributed by atoms with van der Waals surface area (Å²) in [7, 11) is 3.30. The van der Waals surface area contributed by atoms with Crippen molar-refractivity contribution in [3.63, 3.8) is 0 Å². The van der Waals surface area contributed by atoms with Crippen molar-refractivity contribution < 1.29 is 23.0 Å². The average molecular weight is 479 g/mol. The monoisotopic (exact) mass is 478 g/mol. The molecule has 0 aromatic heterocycles. The van der Waals surface area contributed by atoms with E-state index in [1.165, 1.54) is 11.6 Å². The molecule has 0 aliphatic carbocycles. The van der Waals surface area contributed by atoms with Crippen LogP contribution in [0.25, 0.3) is 0 Å². The Morgan fingerprint density at radius 2 is 1.66 bits per heavy atom. The third kappa shape index (κ3) is 4.36. The smallest absolute Gasteiger partial charge is 0.258 e. The molecule has 3 aromatic carbocycles. The second-order valence-corrected chi connectivity index (χ2v) is 9.31. The van der Waals surface area contributed by atoms with E-state index in [4.69, 9.17) is 9.47 Å². The number of halogens is 2. The van der Waals surface area contributed by atoms with E-state index < -0.39 is 11.6 Å². The molecule has 2 heterocycles. The van der Waals surface area contributed by atoms with Crippen LogP contribution in [0.15, 0.2) is 60.7 Å². The molecule has 5 rings (SSSR count). The van der Waals surface area contributed by atoms with Crippen LogP contribution in [0.2, 0.25) is 0 Å². The lowest BCUT2D eigenvalue weighted by Crippen LogP contribution is -2.45. The van der Waals surface area contributed by atoms with Gasteiger partial charge in [0, 0.05) is 29.8 Å². The second kappa shape index (κ2) is 9.30. The third-order valence-electron chi connectivity index (χ3n) is 7.29. The van der Waals surface area contributed by atoms with Crippen LogP contribution in [0.5, 0.6) is 11.5 Å². The van der Waals surface area contributed by atoms with E-state index in [9.17, 15) is 13.6 Å². The number of likely N-dealkylation sites (tertiary alicyclic amines) is 1. The lowest BCUT2D eigenvalue weighted by molar-refractivity contribution is 0.0975. The summed E-state index contributed by atoms with van der Waals surface area (Å²) in [6, 6.07) is 17.2. The summed E-state index contributed by atoms with van der Waals surface area (Å²) in [5.74, 6) is -0.729. The molecule has 1 saturated heterocycles. The topological polar surface area (TPSA) is 42.0 Å². The van der Waals surface area contributed by atoms with Crippen molar-refractivity contribution in [1.82, 2.24) is 4.90 Å². The Kier molecular flexibility index (Phi) is 6.19. The van der Waals surface area contributed by atoms with E-state index in [2.05, 4.69) is 17.0 Å². The van der Waals surface area contributed by atoms with Crippen LogP contribution in [-0.2, 0) is 12.0 Å². The van der Waals surface area contributed by atoms with Crippen LogP contribution >= 0.6 is 0 Å². The molecule has 7 heteroatoms. The van der Waals surface area contributed by atoms with Gasteiger partial charge in [0.2, 0.25) is 0 Å². The summed E-state index contributed by atoms with van der Waals surface area (Å²) >= 11 is 0. The number of hydrogen-bond acceptors (Lipinski definition) is 4. The molecule has 0 saturated carbocycles. The van der Waals surface area contributed by atoms with Crippen LogP contribution < -0.4 is 14.4 Å². The van der Waals surface area contributed by atoms with Crippen LogP contribution in [0, 0.1) is 11.6 Å². The van der Waals surface area contributed by atoms with Crippen molar-refractivity contribution in [2.24, 2.45) is 0 Å². The lowest BCUT2D eigenvalue weighted by atomic mass is 9.74. The maximum Gasteiger partial charge on any atom is 0.258 e. The molecular weight excluding hydrogens is 450 g/mol. The number of fused-ring (bicyclic) bond motifs is 2. The molecule has 0 atom stereocenters. The molecule has 0 unspecified atom stereocenters. The van der Waals surface area contributed by atoms with Crippen LogP contribution in [0.3, 0.4) is 0 Å². The summed E-state index contributed by atoms with van der Waals surface area (Å²) < 4.78 is 38.2. The number of carbonyl (C=O) groups is 1. The zero-order valence-electron chi connectivity index (χ0n) is 19.9. The van der Waals surface area contributed by atoms with Crippen LogP contribution in [0.4, 0.5) is 14.5 Å².